The summed E-state index contributed by atoms with van der Waals surface area (Å²) in [4.78, 5) is 0.341. The van der Waals surface area contributed by atoms with Gasteiger partial charge in [0.25, 0.3) is 0 Å². The Bertz CT molecular complexity index is 779. The molecule has 3 rings (SSSR count). The van der Waals surface area contributed by atoms with Crippen LogP contribution in [-0.4, -0.2) is 24.7 Å². The first-order valence-electron chi connectivity index (χ1n) is 7.32. The van der Waals surface area contributed by atoms with Crippen molar-refractivity contribution in [3.05, 3.63) is 41.2 Å². The van der Waals surface area contributed by atoms with Crippen LogP contribution in [0, 0.1) is 13.8 Å². The maximum Gasteiger partial charge on any atom is 0.241 e. The van der Waals surface area contributed by atoms with Crippen molar-refractivity contribution in [1.29, 1.82) is 0 Å². The minimum absolute atomic E-state index is 0.106. The van der Waals surface area contributed by atoms with Crippen molar-refractivity contribution < 1.29 is 8.42 Å². The van der Waals surface area contributed by atoms with Crippen LogP contribution in [0.1, 0.15) is 29.7 Å². The zero-order valence-corrected chi connectivity index (χ0v) is 13.5. The molecule has 0 atom stereocenters. The third kappa shape index (κ3) is 3.15. The molecule has 1 aliphatic carbocycles. The van der Waals surface area contributed by atoms with Crippen LogP contribution < -0.4 is 10.0 Å². The summed E-state index contributed by atoms with van der Waals surface area (Å²) in [6.45, 7) is 4.38. The first-order chi connectivity index (χ1) is 10.5. The molecule has 22 heavy (non-hydrogen) atoms. The Labute approximate surface area is 130 Å². The first kappa shape index (κ1) is 15.1. The van der Waals surface area contributed by atoms with Crippen LogP contribution in [0.2, 0.25) is 0 Å². The van der Waals surface area contributed by atoms with Gasteiger partial charge in [0.05, 0.1) is 11.1 Å². The highest BCUT2D eigenvalue weighted by molar-refractivity contribution is 7.89. The van der Waals surface area contributed by atoms with Crippen LogP contribution in [0.25, 0.3) is 0 Å². The molecule has 7 heteroatoms. The topological polar surface area (TPSA) is 86.9 Å². The molecule has 1 fully saturated rings. The maximum absolute atomic E-state index is 12.4. The number of aromatic amines is 1. The maximum atomic E-state index is 12.4. The van der Waals surface area contributed by atoms with Crippen LogP contribution in [-0.2, 0) is 16.6 Å². The summed E-state index contributed by atoms with van der Waals surface area (Å²) in [6.07, 6.45) is 3.62. The van der Waals surface area contributed by atoms with Gasteiger partial charge in [-0.1, -0.05) is 6.07 Å². The quantitative estimate of drug-likeness (QED) is 0.760. The van der Waals surface area contributed by atoms with Crippen LogP contribution >= 0.6 is 0 Å². The van der Waals surface area contributed by atoms with Crippen LogP contribution in [0.4, 0.5) is 5.69 Å². The summed E-state index contributed by atoms with van der Waals surface area (Å²) in [5.41, 5.74) is 3.61. The summed E-state index contributed by atoms with van der Waals surface area (Å²) >= 11 is 0. The van der Waals surface area contributed by atoms with Crippen LogP contribution in [0.5, 0.6) is 0 Å². The van der Waals surface area contributed by atoms with Gasteiger partial charge in [-0.05, 0) is 44.4 Å². The fraction of sp³-hybridized carbons (Fsp3) is 0.400. The van der Waals surface area contributed by atoms with E-state index >= 15 is 0 Å². The van der Waals surface area contributed by atoms with Crippen molar-refractivity contribution in [3.63, 3.8) is 0 Å². The normalized spacial score (nSPS) is 15.0. The standard InChI is InChI=1S/C15H20N4O2S/c1-10-14(16-8-12-9-17-18-11(12)2)4-3-5-15(10)22(20,21)19-13-6-7-13/h3-5,9,13,16,19H,6-8H2,1-2H3,(H,17,18). The molecule has 0 unspecified atom stereocenters. The molecule has 0 aliphatic heterocycles. The molecular formula is C15H20N4O2S. The lowest BCUT2D eigenvalue weighted by molar-refractivity contribution is 0.580. The number of hydrogen-bond donors (Lipinski definition) is 3. The predicted molar refractivity (Wildman–Crippen MR) is 85.2 cm³/mol. The van der Waals surface area contributed by atoms with Gasteiger partial charge < -0.3 is 5.32 Å². The number of aryl methyl sites for hydroxylation is 1. The molecule has 1 aromatic heterocycles. The van der Waals surface area contributed by atoms with Gasteiger partial charge in [0.1, 0.15) is 0 Å². The number of sulfonamides is 1. The van der Waals surface area contributed by atoms with E-state index in [0.29, 0.717) is 11.4 Å². The lowest BCUT2D eigenvalue weighted by Crippen LogP contribution is -2.26. The zero-order valence-electron chi connectivity index (χ0n) is 12.7. The fourth-order valence-corrected chi connectivity index (χ4v) is 3.90. The van der Waals surface area contributed by atoms with Crippen LogP contribution in [0.3, 0.4) is 0 Å². The van der Waals surface area contributed by atoms with Crippen molar-refractivity contribution >= 4 is 15.7 Å². The monoisotopic (exact) mass is 320 g/mol. The second-order valence-electron chi connectivity index (χ2n) is 5.70. The van der Waals surface area contributed by atoms with E-state index < -0.39 is 10.0 Å². The summed E-state index contributed by atoms with van der Waals surface area (Å²) in [5, 5.41) is 10.2. The van der Waals surface area contributed by atoms with Crippen molar-refractivity contribution in [2.45, 2.75) is 44.2 Å². The second-order valence-corrected chi connectivity index (χ2v) is 7.38. The van der Waals surface area contributed by atoms with Gasteiger partial charge in [-0.2, -0.15) is 5.10 Å². The number of nitrogens with zero attached hydrogens (tertiary/aromatic N) is 1. The zero-order chi connectivity index (χ0) is 15.7. The minimum Gasteiger partial charge on any atom is -0.381 e. The molecule has 1 aliphatic rings. The SMILES string of the molecule is Cc1[nH]ncc1CNc1cccc(S(=O)(=O)NC2CC2)c1C. The number of nitrogens with one attached hydrogen (secondary N) is 3. The lowest BCUT2D eigenvalue weighted by Gasteiger charge is -2.14. The summed E-state index contributed by atoms with van der Waals surface area (Å²) in [6, 6.07) is 5.41. The van der Waals surface area contributed by atoms with E-state index in [0.717, 1.165) is 35.3 Å². The van der Waals surface area contributed by atoms with E-state index in [-0.39, 0.29) is 6.04 Å². The summed E-state index contributed by atoms with van der Waals surface area (Å²) in [7, 11) is -3.44. The first-order valence-corrected chi connectivity index (χ1v) is 8.80. The van der Waals surface area contributed by atoms with Crippen molar-refractivity contribution in [1.82, 2.24) is 14.9 Å². The van der Waals surface area contributed by atoms with E-state index in [4.69, 9.17) is 0 Å². The third-order valence-electron chi connectivity index (χ3n) is 3.88. The Kier molecular flexibility index (Phi) is 3.92. The average molecular weight is 320 g/mol. The van der Waals surface area contributed by atoms with E-state index in [1.165, 1.54) is 0 Å². The highest BCUT2D eigenvalue weighted by atomic mass is 32.2. The number of anilines is 1. The van der Waals surface area contributed by atoms with E-state index in [2.05, 4.69) is 20.2 Å². The predicted octanol–water partition coefficient (Wildman–Crippen LogP) is 2.08. The number of benzene rings is 1. The Morgan fingerprint density at radius 2 is 2.09 bits per heavy atom. The number of aromatic nitrogens is 2. The van der Waals surface area contributed by atoms with Gasteiger partial charge >= 0.3 is 0 Å². The second kappa shape index (κ2) is 5.73. The summed E-state index contributed by atoms with van der Waals surface area (Å²) in [5.74, 6) is 0. The summed E-state index contributed by atoms with van der Waals surface area (Å²) < 4.78 is 27.5. The number of rotatable bonds is 6. The number of H-pyrrole nitrogens is 1. The molecule has 1 aromatic carbocycles. The smallest absolute Gasteiger partial charge is 0.241 e. The highest BCUT2D eigenvalue weighted by Gasteiger charge is 2.29. The molecule has 6 nitrogen and oxygen atoms in total. The van der Waals surface area contributed by atoms with E-state index in [1.54, 1.807) is 18.3 Å². The number of hydrogen-bond acceptors (Lipinski definition) is 4. The Morgan fingerprint density at radius 1 is 1.32 bits per heavy atom. The third-order valence-corrected chi connectivity index (χ3v) is 5.54. The van der Waals surface area contributed by atoms with Crippen LogP contribution in [0.15, 0.2) is 29.3 Å². The van der Waals surface area contributed by atoms with Gasteiger partial charge in [0, 0.05) is 29.5 Å². The Morgan fingerprint density at radius 3 is 2.73 bits per heavy atom. The van der Waals surface area contributed by atoms with Gasteiger partial charge in [-0.3, -0.25) is 5.10 Å². The minimum atomic E-state index is -3.44. The molecule has 0 radical (unpaired) electrons. The van der Waals surface area contributed by atoms with E-state index in [9.17, 15) is 8.42 Å². The molecule has 0 bridgehead atoms. The molecule has 0 amide bonds. The molecule has 2 aromatic rings. The Hall–Kier alpha value is -1.86. The molecule has 1 saturated carbocycles. The molecule has 1 heterocycles. The highest BCUT2D eigenvalue weighted by Crippen LogP contribution is 2.27. The van der Waals surface area contributed by atoms with E-state index in [1.807, 2.05) is 19.9 Å². The largest absolute Gasteiger partial charge is 0.381 e. The average Bonchev–Trinajstić information content (AvgIpc) is 3.17. The molecular weight excluding hydrogens is 300 g/mol. The molecule has 3 N–H and O–H groups in total. The molecule has 118 valence electrons. The Balaban J connectivity index is 1.81. The lowest BCUT2D eigenvalue weighted by atomic mass is 10.2. The van der Waals surface area contributed by atoms with Crippen molar-refractivity contribution in [3.8, 4) is 0 Å². The fourth-order valence-electron chi connectivity index (χ4n) is 2.33. The van der Waals surface area contributed by atoms with Crippen molar-refractivity contribution in [2.24, 2.45) is 0 Å². The van der Waals surface area contributed by atoms with Gasteiger partial charge in [0.15, 0.2) is 0 Å². The van der Waals surface area contributed by atoms with Crippen molar-refractivity contribution in [2.75, 3.05) is 5.32 Å². The molecule has 0 saturated heterocycles. The van der Waals surface area contributed by atoms with Gasteiger partial charge in [-0.25, -0.2) is 13.1 Å². The van der Waals surface area contributed by atoms with Gasteiger partial charge in [-0.15, -0.1) is 0 Å². The molecule has 0 spiro atoms. The van der Waals surface area contributed by atoms with Gasteiger partial charge in [0.2, 0.25) is 10.0 Å².